The molecule has 0 aliphatic carbocycles. The first-order chi connectivity index (χ1) is 13.6. The highest BCUT2D eigenvalue weighted by Crippen LogP contribution is 2.27. The molecule has 0 spiro atoms. The molecule has 0 radical (unpaired) electrons. The third kappa shape index (κ3) is 3.82. The van der Waals surface area contributed by atoms with Gasteiger partial charge in [-0.3, -0.25) is 14.3 Å². The van der Waals surface area contributed by atoms with Crippen LogP contribution in [0.2, 0.25) is 0 Å². The summed E-state index contributed by atoms with van der Waals surface area (Å²) in [6, 6.07) is 7.56. The number of nitrogens with one attached hydrogen (secondary N) is 1. The average Bonchev–Trinajstić information content (AvgIpc) is 3.38. The van der Waals surface area contributed by atoms with Gasteiger partial charge < -0.3 is 10.2 Å². The van der Waals surface area contributed by atoms with Crippen molar-refractivity contribution in [1.82, 2.24) is 19.7 Å². The predicted octanol–water partition coefficient (Wildman–Crippen LogP) is 2.88. The zero-order valence-electron chi connectivity index (χ0n) is 15.6. The molecule has 0 atom stereocenters. The van der Waals surface area contributed by atoms with Crippen molar-refractivity contribution in [3.63, 3.8) is 0 Å². The fourth-order valence-corrected chi connectivity index (χ4v) is 4.26. The summed E-state index contributed by atoms with van der Waals surface area (Å²) in [5.41, 5.74) is 3.33. The Morgan fingerprint density at radius 1 is 1.29 bits per heavy atom. The second-order valence-electron chi connectivity index (χ2n) is 6.78. The summed E-state index contributed by atoms with van der Waals surface area (Å²) in [5, 5.41) is 8.99. The number of hydrogen-bond acceptors (Lipinski definition) is 5. The number of aryl methyl sites for hydroxylation is 1. The van der Waals surface area contributed by atoms with Crippen molar-refractivity contribution >= 4 is 28.8 Å². The van der Waals surface area contributed by atoms with E-state index in [4.69, 9.17) is 0 Å². The summed E-state index contributed by atoms with van der Waals surface area (Å²) in [5.74, 6) is -0.114. The van der Waals surface area contributed by atoms with Crippen LogP contribution < -0.4 is 5.32 Å². The lowest BCUT2D eigenvalue weighted by Gasteiger charge is -2.28. The topological polar surface area (TPSA) is 80.1 Å². The van der Waals surface area contributed by atoms with Crippen molar-refractivity contribution in [2.45, 2.75) is 32.9 Å². The van der Waals surface area contributed by atoms with Gasteiger partial charge in [-0.25, -0.2) is 4.98 Å². The van der Waals surface area contributed by atoms with Gasteiger partial charge in [-0.05, 0) is 48.1 Å². The van der Waals surface area contributed by atoms with Gasteiger partial charge in [0.25, 0.3) is 5.91 Å². The molecular formula is C20H21N5O2S. The SMILES string of the molecule is Cc1c(NC(=O)CCn2cncn2)cccc1C(=O)N1CCc2sccc2C1. The Morgan fingerprint density at radius 2 is 2.18 bits per heavy atom. The van der Waals surface area contributed by atoms with Crippen LogP contribution in [0.5, 0.6) is 0 Å². The Bertz CT molecular complexity index is 996. The van der Waals surface area contributed by atoms with E-state index in [1.807, 2.05) is 30.0 Å². The summed E-state index contributed by atoms with van der Waals surface area (Å²) in [6.45, 7) is 3.70. The number of nitrogens with zero attached hydrogens (tertiary/aromatic N) is 4. The maximum absolute atomic E-state index is 13.1. The normalized spacial score (nSPS) is 13.2. The van der Waals surface area contributed by atoms with Crippen LogP contribution in [0.1, 0.15) is 32.8 Å². The zero-order valence-corrected chi connectivity index (χ0v) is 16.4. The molecule has 2 amide bonds. The van der Waals surface area contributed by atoms with E-state index >= 15 is 0 Å². The van der Waals surface area contributed by atoms with E-state index in [0.29, 0.717) is 24.3 Å². The number of carbonyl (C=O) groups excluding carboxylic acids is 2. The van der Waals surface area contributed by atoms with Crippen LogP contribution in [0, 0.1) is 6.92 Å². The number of amides is 2. The molecule has 4 rings (SSSR count). The molecule has 1 aromatic carbocycles. The molecule has 3 aromatic rings. The number of benzene rings is 1. The molecule has 144 valence electrons. The zero-order chi connectivity index (χ0) is 19.5. The molecule has 0 bridgehead atoms. The van der Waals surface area contributed by atoms with E-state index < -0.39 is 0 Å². The maximum Gasteiger partial charge on any atom is 0.254 e. The molecule has 0 saturated heterocycles. The Balaban J connectivity index is 1.44. The molecule has 28 heavy (non-hydrogen) atoms. The monoisotopic (exact) mass is 395 g/mol. The minimum absolute atomic E-state index is 0.00747. The lowest BCUT2D eigenvalue weighted by Crippen LogP contribution is -2.35. The Morgan fingerprint density at radius 3 is 3.00 bits per heavy atom. The van der Waals surface area contributed by atoms with Gasteiger partial charge in [-0.15, -0.1) is 11.3 Å². The van der Waals surface area contributed by atoms with Crippen LogP contribution in [0.25, 0.3) is 0 Å². The van der Waals surface area contributed by atoms with Crippen molar-refractivity contribution in [2.24, 2.45) is 0 Å². The number of thiophene rings is 1. The fourth-order valence-electron chi connectivity index (χ4n) is 3.37. The third-order valence-corrected chi connectivity index (χ3v) is 5.99. The summed E-state index contributed by atoms with van der Waals surface area (Å²) in [7, 11) is 0. The van der Waals surface area contributed by atoms with Gasteiger partial charge in [0.05, 0.1) is 6.54 Å². The largest absolute Gasteiger partial charge is 0.334 e. The van der Waals surface area contributed by atoms with Crippen molar-refractivity contribution < 1.29 is 9.59 Å². The Labute approximate surface area is 167 Å². The highest BCUT2D eigenvalue weighted by molar-refractivity contribution is 7.10. The molecular weight excluding hydrogens is 374 g/mol. The molecule has 2 aromatic heterocycles. The molecule has 1 aliphatic heterocycles. The third-order valence-electron chi connectivity index (χ3n) is 4.97. The smallest absolute Gasteiger partial charge is 0.254 e. The number of carbonyl (C=O) groups is 2. The predicted molar refractivity (Wildman–Crippen MR) is 107 cm³/mol. The molecule has 0 fully saturated rings. The van der Waals surface area contributed by atoms with E-state index in [2.05, 4.69) is 26.8 Å². The number of rotatable bonds is 5. The average molecular weight is 395 g/mol. The van der Waals surface area contributed by atoms with Gasteiger partial charge in [0.15, 0.2) is 0 Å². The number of anilines is 1. The Hall–Kier alpha value is -3.00. The van der Waals surface area contributed by atoms with Gasteiger partial charge >= 0.3 is 0 Å². The van der Waals surface area contributed by atoms with Crippen LogP contribution in [0.3, 0.4) is 0 Å². The molecule has 3 heterocycles. The standard InChI is InChI=1S/C20H21N5O2S/c1-14-16(20(27)24-8-5-18-15(11-24)7-10-28-18)3-2-4-17(14)23-19(26)6-9-25-13-21-12-22-25/h2-4,7,10,12-13H,5-6,8-9,11H2,1H3,(H,23,26). The number of aromatic nitrogens is 3. The van der Waals surface area contributed by atoms with Crippen molar-refractivity contribution in [2.75, 3.05) is 11.9 Å². The van der Waals surface area contributed by atoms with Crippen molar-refractivity contribution in [3.05, 3.63) is 63.9 Å². The van der Waals surface area contributed by atoms with Crippen LogP contribution >= 0.6 is 11.3 Å². The van der Waals surface area contributed by atoms with Crippen LogP contribution in [0.4, 0.5) is 5.69 Å². The summed E-state index contributed by atoms with van der Waals surface area (Å²) in [6.07, 6.45) is 4.21. The second kappa shape index (κ2) is 7.93. The first kappa shape index (κ1) is 18.4. The van der Waals surface area contributed by atoms with Gasteiger partial charge in [0, 0.05) is 35.6 Å². The molecule has 8 heteroatoms. The van der Waals surface area contributed by atoms with Crippen molar-refractivity contribution in [1.29, 1.82) is 0 Å². The quantitative estimate of drug-likeness (QED) is 0.720. The van der Waals surface area contributed by atoms with E-state index in [-0.39, 0.29) is 18.2 Å². The molecule has 1 aliphatic rings. The van der Waals surface area contributed by atoms with E-state index in [1.54, 1.807) is 22.3 Å². The minimum atomic E-state index is -0.121. The van der Waals surface area contributed by atoms with E-state index in [1.165, 1.54) is 16.8 Å². The molecule has 1 N–H and O–H groups in total. The van der Waals surface area contributed by atoms with Gasteiger partial charge in [0.1, 0.15) is 12.7 Å². The lowest BCUT2D eigenvalue weighted by atomic mass is 10.0. The number of hydrogen-bond donors (Lipinski definition) is 1. The lowest BCUT2D eigenvalue weighted by molar-refractivity contribution is -0.116. The highest BCUT2D eigenvalue weighted by Gasteiger charge is 2.24. The maximum atomic E-state index is 13.1. The summed E-state index contributed by atoms with van der Waals surface area (Å²) in [4.78, 5) is 32.5. The van der Waals surface area contributed by atoms with E-state index in [0.717, 1.165) is 18.5 Å². The summed E-state index contributed by atoms with van der Waals surface area (Å²) >= 11 is 1.76. The highest BCUT2D eigenvalue weighted by atomic mass is 32.1. The van der Waals surface area contributed by atoms with Crippen LogP contribution in [0.15, 0.2) is 42.3 Å². The summed E-state index contributed by atoms with van der Waals surface area (Å²) < 4.78 is 1.61. The van der Waals surface area contributed by atoms with Gasteiger partial charge in [0.2, 0.25) is 5.91 Å². The first-order valence-electron chi connectivity index (χ1n) is 9.18. The second-order valence-corrected chi connectivity index (χ2v) is 7.78. The molecule has 7 nitrogen and oxygen atoms in total. The fraction of sp³-hybridized carbons (Fsp3) is 0.300. The Kier molecular flexibility index (Phi) is 5.21. The first-order valence-corrected chi connectivity index (χ1v) is 10.1. The van der Waals surface area contributed by atoms with Crippen molar-refractivity contribution in [3.8, 4) is 0 Å². The minimum Gasteiger partial charge on any atom is -0.334 e. The van der Waals surface area contributed by atoms with E-state index in [9.17, 15) is 9.59 Å². The van der Waals surface area contributed by atoms with Crippen LogP contribution in [-0.4, -0.2) is 38.0 Å². The van der Waals surface area contributed by atoms with Gasteiger partial charge in [-0.1, -0.05) is 6.07 Å². The van der Waals surface area contributed by atoms with Crippen LogP contribution in [-0.2, 0) is 24.3 Å². The molecule has 0 saturated carbocycles. The van der Waals surface area contributed by atoms with Gasteiger partial charge in [-0.2, -0.15) is 5.10 Å². The molecule has 0 unspecified atom stereocenters. The number of fused-ring (bicyclic) bond motifs is 1.